The number of fused-ring (bicyclic) bond motifs is 1. The van der Waals surface area contributed by atoms with Crippen LogP contribution < -0.4 is 11.1 Å². The van der Waals surface area contributed by atoms with Crippen LogP contribution in [0, 0.1) is 0 Å². The third-order valence-corrected chi connectivity index (χ3v) is 2.15. The minimum atomic E-state index is 0.698. The Kier molecular flexibility index (Phi) is 1.35. The van der Waals surface area contributed by atoms with Crippen LogP contribution in [0.25, 0.3) is 0 Å². The zero-order valence-electron chi connectivity index (χ0n) is 6.59. The fraction of sp³-hybridized carbons (Fsp3) is 0.571. The largest absolute Gasteiger partial charge is 0.382 e. The maximum absolute atomic E-state index is 5.70. The molecule has 1 aromatic rings. The first-order chi connectivity index (χ1) is 5.29. The number of aromatic nitrogens is 2. The lowest BCUT2D eigenvalue weighted by molar-refractivity contribution is 0.593. The van der Waals surface area contributed by atoms with E-state index in [-0.39, 0.29) is 0 Å². The van der Waals surface area contributed by atoms with E-state index >= 15 is 0 Å². The van der Waals surface area contributed by atoms with Crippen LogP contribution in [0.4, 0.5) is 5.82 Å². The van der Waals surface area contributed by atoms with Crippen LogP contribution in [0.2, 0.25) is 0 Å². The van der Waals surface area contributed by atoms with E-state index in [9.17, 15) is 0 Å². The summed E-state index contributed by atoms with van der Waals surface area (Å²) in [4.78, 5) is 0. The van der Waals surface area contributed by atoms with Gasteiger partial charge in [-0.3, -0.25) is 4.68 Å². The first kappa shape index (κ1) is 6.67. The van der Waals surface area contributed by atoms with Crippen LogP contribution in [0.1, 0.15) is 11.3 Å². The van der Waals surface area contributed by atoms with E-state index in [1.54, 1.807) is 0 Å². The quantitative estimate of drug-likeness (QED) is 0.534. The molecule has 0 fully saturated rings. The van der Waals surface area contributed by atoms with E-state index < -0.39 is 0 Å². The van der Waals surface area contributed by atoms with Gasteiger partial charge in [0.15, 0.2) is 0 Å². The van der Waals surface area contributed by atoms with E-state index in [2.05, 4.69) is 10.4 Å². The van der Waals surface area contributed by atoms with Gasteiger partial charge in [-0.25, -0.2) is 0 Å². The summed E-state index contributed by atoms with van der Waals surface area (Å²) < 4.78 is 1.86. The Morgan fingerprint density at radius 2 is 2.45 bits per heavy atom. The number of hydrogen-bond donors (Lipinski definition) is 2. The predicted molar refractivity (Wildman–Crippen MR) is 43.0 cm³/mol. The lowest BCUT2D eigenvalue weighted by Gasteiger charge is -2.13. The third kappa shape index (κ3) is 0.903. The smallest absolute Gasteiger partial charge is 0.149 e. The van der Waals surface area contributed by atoms with Gasteiger partial charge >= 0.3 is 0 Å². The Morgan fingerprint density at radius 1 is 1.64 bits per heavy atom. The van der Waals surface area contributed by atoms with Crippen molar-refractivity contribution in [2.45, 2.75) is 13.0 Å². The third-order valence-electron chi connectivity index (χ3n) is 2.15. The summed E-state index contributed by atoms with van der Waals surface area (Å²) in [5, 5.41) is 7.43. The molecule has 0 aromatic carbocycles. The highest BCUT2D eigenvalue weighted by molar-refractivity contribution is 5.43. The van der Waals surface area contributed by atoms with Crippen molar-refractivity contribution < 1.29 is 0 Å². The monoisotopic (exact) mass is 152 g/mol. The molecule has 2 heterocycles. The van der Waals surface area contributed by atoms with Crippen molar-refractivity contribution in [2.24, 2.45) is 7.05 Å². The molecule has 2 rings (SSSR count). The molecule has 0 atom stereocenters. The molecule has 1 aromatic heterocycles. The fourth-order valence-corrected chi connectivity index (χ4v) is 1.54. The van der Waals surface area contributed by atoms with E-state index in [4.69, 9.17) is 5.73 Å². The summed E-state index contributed by atoms with van der Waals surface area (Å²) >= 11 is 0. The first-order valence-corrected chi connectivity index (χ1v) is 3.80. The van der Waals surface area contributed by atoms with Crippen molar-refractivity contribution in [1.29, 1.82) is 0 Å². The second kappa shape index (κ2) is 2.23. The highest BCUT2D eigenvalue weighted by Crippen LogP contribution is 2.18. The Bertz CT molecular complexity index is 250. The van der Waals surface area contributed by atoms with Gasteiger partial charge in [0.25, 0.3) is 0 Å². The van der Waals surface area contributed by atoms with Gasteiger partial charge in [-0.2, -0.15) is 5.10 Å². The standard InChI is InChI=1S/C7H12N4/c1-11-6-4-9-3-2-5(6)7(8)10-11/h9H,2-4H2,1H3,(H2,8,10). The van der Waals surface area contributed by atoms with Crippen molar-refractivity contribution in [2.75, 3.05) is 12.3 Å². The summed E-state index contributed by atoms with van der Waals surface area (Å²) in [7, 11) is 1.93. The second-order valence-electron chi connectivity index (χ2n) is 2.86. The van der Waals surface area contributed by atoms with Crippen LogP contribution >= 0.6 is 0 Å². The Hall–Kier alpha value is -1.03. The van der Waals surface area contributed by atoms with E-state index in [0.29, 0.717) is 5.82 Å². The van der Waals surface area contributed by atoms with Gasteiger partial charge in [0.05, 0.1) is 5.69 Å². The van der Waals surface area contributed by atoms with Crippen molar-refractivity contribution in [1.82, 2.24) is 15.1 Å². The number of anilines is 1. The lowest BCUT2D eigenvalue weighted by Crippen LogP contribution is -2.24. The minimum Gasteiger partial charge on any atom is -0.382 e. The van der Waals surface area contributed by atoms with Gasteiger partial charge in [0, 0.05) is 19.2 Å². The van der Waals surface area contributed by atoms with Crippen molar-refractivity contribution in [3.63, 3.8) is 0 Å². The molecule has 0 aliphatic carbocycles. The molecule has 0 saturated heterocycles. The van der Waals surface area contributed by atoms with Gasteiger partial charge in [-0.15, -0.1) is 0 Å². The Labute approximate surface area is 65.4 Å². The molecule has 4 nitrogen and oxygen atoms in total. The normalized spacial score (nSPS) is 16.5. The zero-order valence-corrected chi connectivity index (χ0v) is 6.59. The van der Waals surface area contributed by atoms with Crippen LogP contribution in [-0.4, -0.2) is 16.3 Å². The number of nitrogens with one attached hydrogen (secondary N) is 1. The molecule has 0 radical (unpaired) electrons. The molecule has 3 N–H and O–H groups in total. The number of hydrogen-bond acceptors (Lipinski definition) is 3. The van der Waals surface area contributed by atoms with Gasteiger partial charge in [-0.1, -0.05) is 0 Å². The van der Waals surface area contributed by atoms with Crippen molar-refractivity contribution in [3.8, 4) is 0 Å². The average molecular weight is 152 g/mol. The summed E-state index contributed by atoms with van der Waals surface area (Å²) in [6, 6.07) is 0. The molecule has 1 aliphatic heterocycles. The summed E-state index contributed by atoms with van der Waals surface area (Å²) in [5.74, 6) is 0.698. The SMILES string of the molecule is Cn1nc(N)c2c1CNCC2. The van der Waals surface area contributed by atoms with Gasteiger partial charge in [0.1, 0.15) is 5.82 Å². The van der Waals surface area contributed by atoms with Crippen LogP contribution in [-0.2, 0) is 20.0 Å². The number of aryl methyl sites for hydroxylation is 1. The highest BCUT2D eigenvalue weighted by Gasteiger charge is 2.16. The molecule has 0 amide bonds. The molecule has 0 bridgehead atoms. The summed E-state index contributed by atoms with van der Waals surface area (Å²) in [6.07, 6.45) is 1.01. The topological polar surface area (TPSA) is 55.9 Å². The second-order valence-corrected chi connectivity index (χ2v) is 2.86. The van der Waals surface area contributed by atoms with Gasteiger partial charge in [-0.05, 0) is 13.0 Å². The van der Waals surface area contributed by atoms with Crippen LogP contribution in [0.3, 0.4) is 0 Å². The maximum Gasteiger partial charge on any atom is 0.149 e. The minimum absolute atomic E-state index is 0.698. The Morgan fingerprint density at radius 3 is 3.18 bits per heavy atom. The number of nitrogens with two attached hydrogens (primary N) is 1. The summed E-state index contributed by atoms with van der Waals surface area (Å²) in [6.45, 7) is 1.92. The van der Waals surface area contributed by atoms with Crippen molar-refractivity contribution in [3.05, 3.63) is 11.3 Å². The van der Waals surface area contributed by atoms with Gasteiger partial charge < -0.3 is 11.1 Å². The van der Waals surface area contributed by atoms with Crippen molar-refractivity contribution >= 4 is 5.82 Å². The summed E-state index contributed by atoms with van der Waals surface area (Å²) in [5.41, 5.74) is 8.16. The number of nitrogen functional groups attached to an aromatic ring is 1. The van der Waals surface area contributed by atoms with E-state index in [1.807, 2.05) is 11.7 Å². The highest BCUT2D eigenvalue weighted by atomic mass is 15.3. The lowest BCUT2D eigenvalue weighted by atomic mass is 10.1. The molecular formula is C7H12N4. The van der Waals surface area contributed by atoms with Gasteiger partial charge in [0.2, 0.25) is 0 Å². The number of nitrogens with zero attached hydrogens (tertiary/aromatic N) is 2. The molecule has 0 spiro atoms. The molecule has 60 valence electrons. The first-order valence-electron chi connectivity index (χ1n) is 3.80. The Balaban J connectivity index is 2.52. The number of rotatable bonds is 0. The molecule has 0 saturated carbocycles. The molecular weight excluding hydrogens is 140 g/mol. The predicted octanol–water partition coefficient (Wildman–Crippen LogP) is -0.352. The zero-order chi connectivity index (χ0) is 7.84. The van der Waals surface area contributed by atoms with E-state index in [1.165, 1.54) is 11.3 Å². The average Bonchev–Trinajstić information content (AvgIpc) is 2.30. The van der Waals surface area contributed by atoms with Crippen LogP contribution in [0.5, 0.6) is 0 Å². The van der Waals surface area contributed by atoms with E-state index in [0.717, 1.165) is 19.5 Å². The van der Waals surface area contributed by atoms with Crippen LogP contribution in [0.15, 0.2) is 0 Å². The molecule has 0 unspecified atom stereocenters. The molecule has 1 aliphatic rings. The molecule has 4 heteroatoms. The molecule has 11 heavy (non-hydrogen) atoms. The maximum atomic E-state index is 5.70. The fourth-order valence-electron chi connectivity index (χ4n) is 1.54.